The summed E-state index contributed by atoms with van der Waals surface area (Å²) in [6, 6.07) is 1.85. The zero-order valence-electron chi connectivity index (χ0n) is 14.0. The van der Waals surface area contributed by atoms with E-state index in [1.165, 1.54) is 17.1 Å². The summed E-state index contributed by atoms with van der Waals surface area (Å²) in [5.74, 6) is -1.23. The number of nitrogens with one attached hydrogen (secondary N) is 1. The van der Waals surface area contributed by atoms with Crippen LogP contribution in [-0.2, 0) is 16.9 Å². The van der Waals surface area contributed by atoms with E-state index >= 15 is 0 Å². The molecule has 0 aromatic carbocycles. The maximum atomic E-state index is 12.4. The number of carboxylic acids is 1. The highest BCUT2D eigenvalue weighted by Crippen LogP contribution is 2.20. The summed E-state index contributed by atoms with van der Waals surface area (Å²) in [7, 11) is 0. The van der Waals surface area contributed by atoms with Crippen molar-refractivity contribution in [3.8, 4) is 0 Å². The van der Waals surface area contributed by atoms with Gasteiger partial charge in [0.15, 0.2) is 5.54 Å². The first kappa shape index (κ1) is 16.8. The monoisotopic (exact) mass is 318 g/mol. The third-order valence-electron chi connectivity index (χ3n) is 4.07. The first-order valence-corrected chi connectivity index (χ1v) is 7.45. The number of amides is 1. The lowest BCUT2D eigenvalue weighted by Gasteiger charge is -2.19. The van der Waals surface area contributed by atoms with Gasteiger partial charge in [0.1, 0.15) is 0 Å². The number of aromatic nitrogens is 3. The van der Waals surface area contributed by atoms with Crippen LogP contribution >= 0.6 is 0 Å². The molecular weight excluding hydrogens is 296 g/mol. The third kappa shape index (κ3) is 2.99. The third-order valence-corrected chi connectivity index (χ3v) is 4.07. The highest BCUT2D eigenvalue weighted by molar-refractivity contribution is 6.05. The fourth-order valence-electron chi connectivity index (χ4n) is 2.51. The standard InChI is InChI=1S/C16H22N4O3/c1-6-19-10(2)7-13(11(19)3)14(21)18-12-8-17-20(9-12)16(4,5)15(22)23/h7-9H,6H2,1-5H3,(H,18,21)(H,22,23). The average molecular weight is 318 g/mol. The van der Waals surface area contributed by atoms with Crippen LogP contribution < -0.4 is 5.32 Å². The summed E-state index contributed by atoms with van der Waals surface area (Å²) >= 11 is 0. The van der Waals surface area contributed by atoms with Crippen molar-refractivity contribution in [1.29, 1.82) is 0 Å². The Morgan fingerprint density at radius 1 is 1.35 bits per heavy atom. The van der Waals surface area contributed by atoms with Gasteiger partial charge in [-0.2, -0.15) is 5.10 Å². The van der Waals surface area contributed by atoms with E-state index in [9.17, 15) is 14.7 Å². The Balaban J connectivity index is 2.22. The van der Waals surface area contributed by atoms with E-state index in [4.69, 9.17) is 0 Å². The highest BCUT2D eigenvalue weighted by atomic mass is 16.4. The van der Waals surface area contributed by atoms with Gasteiger partial charge in [-0.15, -0.1) is 0 Å². The molecule has 0 aliphatic rings. The van der Waals surface area contributed by atoms with Crippen molar-refractivity contribution in [2.24, 2.45) is 0 Å². The van der Waals surface area contributed by atoms with Gasteiger partial charge in [0.05, 0.1) is 17.4 Å². The minimum absolute atomic E-state index is 0.231. The van der Waals surface area contributed by atoms with Crippen LogP contribution in [0, 0.1) is 13.8 Å². The molecule has 0 unspecified atom stereocenters. The molecule has 0 saturated heterocycles. The Morgan fingerprint density at radius 3 is 2.52 bits per heavy atom. The SMILES string of the molecule is CCn1c(C)cc(C(=O)Nc2cnn(C(C)(C)C(=O)O)c2)c1C. The number of rotatable bonds is 5. The summed E-state index contributed by atoms with van der Waals surface area (Å²) in [4.78, 5) is 23.7. The number of anilines is 1. The van der Waals surface area contributed by atoms with Gasteiger partial charge in [-0.3, -0.25) is 9.48 Å². The van der Waals surface area contributed by atoms with Gasteiger partial charge in [-0.1, -0.05) is 0 Å². The molecule has 0 saturated carbocycles. The van der Waals surface area contributed by atoms with E-state index in [0.29, 0.717) is 11.3 Å². The van der Waals surface area contributed by atoms with Crippen LogP contribution in [0.15, 0.2) is 18.5 Å². The van der Waals surface area contributed by atoms with Crippen LogP contribution in [0.1, 0.15) is 42.5 Å². The molecule has 0 fully saturated rings. The number of carbonyl (C=O) groups excluding carboxylic acids is 1. The van der Waals surface area contributed by atoms with Crippen molar-refractivity contribution in [3.63, 3.8) is 0 Å². The number of aryl methyl sites for hydroxylation is 1. The number of hydrogen-bond acceptors (Lipinski definition) is 3. The van der Waals surface area contributed by atoms with Crippen molar-refractivity contribution in [2.75, 3.05) is 5.32 Å². The summed E-state index contributed by atoms with van der Waals surface area (Å²) in [5.41, 5.74) is 1.82. The molecule has 1 amide bonds. The summed E-state index contributed by atoms with van der Waals surface area (Å²) in [5, 5.41) is 16.0. The minimum Gasteiger partial charge on any atom is -0.479 e. The normalized spacial score (nSPS) is 11.5. The fraction of sp³-hybridized carbons (Fsp3) is 0.438. The van der Waals surface area contributed by atoms with Gasteiger partial charge in [0.25, 0.3) is 5.91 Å². The van der Waals surface area contributed by atoms with E-state index in [1.807, 2.05) is 26.8 Å². The fourth-order valence-corrected chi connectivity index (χ4v) is 2.51. The number of hydrogen-bond donors (Lipinski definition) is 2. The first-order chi connectivity index (χ1) is 10.7. The minimum atomic E-state index is -1.18. The second kappa shape index (κ2) is 5.91. The zero-order valence-corrected chi connectivity index (χ0v) is 14.0. The number of carbonyl (C=O) groups is 2. The Kier molecular flexibility index (Phi) is 4.31. The van der Waals surface area contributed by atoms with Crippen molar-refractivity contribution in [1.82, 2.24) is 14.3 Å². The Labute approximate surface area is 134 Å². The molecule has 2 aromatic rings. The smallest absolute Gasteiger partial charge is 0.331 e. The molecule has 23 heavy (non-hydrogen) atoms. The Hall–Kier alpha value is -2.57. The number of nitrogens with zero attached hydrogens (tertiary/aromatic N) is 3. The van der Waals surface area contributed by atoms with Gasteiger partial charge in [0.2, 0.25) is 0 Å². The van der Waals surface area contributed by atoms with Gasteiger partial charge in [-0.05, 0) is 40.7 Å². The van der Waals surface area contributed by atoms with Gasteiger partial charge in [-0.25, -0.2) is 4.79 Å². The van der Waals surface area contributed by atoms with Gasteiger partial charge in [0, 0.05) is 24.1 Å². The quantitative estimate of drug-likeness (QED) is 0.886. The van der Waals surface area contributed by atoms with E-state index in [0.717, 1.165) is 17.9 Å². The van der Waals surface area contributed by atoms with Crippen LogP contribution in [0.5, 0.6) is 0 Å². The molecule has 0 aliphatic carbocycles. The second-order valence-electron chi connectivity index (χ2n) is 6.02. The Morgan fingerprint density at radius 2 is 2.00 bits per heavy atom. The van der Waals surface area contributed by atoms with E-state index in [-0.39, 0.29) is 5.91 Å². The predicted octanol–water partition coefficient (Wildman–Crippen LogP) is 2.39. The molecule has 2 rings (SSSR count). The lowest BCUT2D eigenvalue weighted by atomic mass is 10.1. The molecule has 0 spiro atoms. The summed E-state index contributed by atoms with van der Waals surface area (Å²) < 4.78 is 3.38. The van der Waals surface area contributed by atoms with Crippen molar-refractivity contribution in [3.05, 3.63) is 35.4 Å². The molecule has 7 nitrogen and oxygen atoms in total. The van der Waals surface area contributed by atoms with Gasteiger partial charge < -0.3 is 15.0 Å². The maximum Gasteiger partial charge on any atom is 0.331 e. The summed E-state index contributed by atoms with van der Waals surface area (Å²) in [6.45, 7) is 9.78. The molecule has 0 atom stereocenters. The molecule has 0 aliphatic heterocycles. The maximum absolute atomic E-state index is 12.4. The average Bonchev–Trinajstić information content (AvgIpc) is 3.04. The van der Waals surface area contributed by atoms with Crippen LogP contribution in [0.4, 0.5) is 5.69 Å². The van der Waals surface area contributed by atoms with Crippen molar-refractivity contribution >= 4 is 17.6 Å². The molecule has 2 aromatic heterocycles. The molecule has 2 N–H and O–H groups in total. The van der Waals surface area contributed by atoms with Crippen LogP contribution in [0.2, 0.25) is 0 Å². The largest absolute Gasteiger partial charge is 0.479 e. The van der Waals surface area contributed by atoms with Crippen LogP contribution in [-0.4, -0.2) is 31.3 Å². The van der Waals surface area contributed by atoms with Crippen LogP contribution in [0.3, 0.4) is 0 Å². The highest BCUT2D eigenvalue weighted by Gasteiger charge is 2.30. The van der Waals surface area contributed by atoms with Crippen molar-refractivity contribution in [2.45, 2.75) is 46.7 Å². The van der Waals surface area contributed by atoms with Gasteiger partial charge >= 0.3 is 5.97 Å². The number of carboxylic acid groups (broad SMARTS) is 1. The zero-order chi connectivity index (χ0) is 17.4. The molecule has 0 bridgehead atoms. The molecular formula is C16H22N4O3. The topological polar surface area (TPSA) is 89.2 Å². The van der Waals surface area contributed by atoms with E-state index < -0.39 is 11.5 Å². The predicted molar refractivity (Wildman–Crippen MR) is 86.7 cm³/mol. The summed E-state index contributed by atoms with van der Waals surface area (Å²) in [6.07, 6.45) is 2.96. The van der Waals surface area contributed by atoms with E-state index in [1.54, 1.807) is 13.8 Å². The second-order valence-corrected chi connectivity index (χ2v) is 6.02. The van der Waals surface area contributed by atoms with Crippen LogP contribution in [0.25, 0.3) is 0 Å². The molecule has 7 heteroatoms. The van der Waals surface area contributed by atoms with E-state index in [2.05, 4.69) is 15.0 Å². The lowest BCUT2D eigenvalue weighted by Crippen LogP contribution is -2.35. The number of aliphatic carboxylic acids is 1. The molecule has 124 valence electrons. The molecule has 0 radical (unpaired) electrons. The van der Waals surface area contributed by atoms with Crippen molar-refractivity contribution < 1.29 is 14.7 Å². The lowest BCUT2D eigenvalue weighted by molar-refractivity contribution is -0.146. The Bertz CT molecular complexity index is 755. The first-order valence-electron chi connectivity index (χ1n) is 7.45. The molecule has 2 heterocycles.